The van der Waals surface area contributed by atoms with Crippen LogP contribution >= 0.6 is 11.3 Å². The third-order valence-corrected chi connectivity index (χ3v) is 4.17. The Kier molecular flexibility index (Phi) is 4.17. The highest BCUT2D eigenvalue weighted by molar-refractivity contribution is 7.14. The molecule has 1 aromatic carbocycles. The van der Waals surface area contributed by atoms with Crippen LogP contribution in [0.25, 0.3) is 0 Å². The van der Waals surface area contributed by atoms with Crippen molar-refractivity contribution in [3.63, 3.8) is 0 Å². The summed E-state index contributed by atoms with van der Waals surface area (Å²) in [6.45, 7) is 4.51. The summed E-state index contributed by atoms with van der Waals surface area (Å²) in [5.41, 5.74) is 2.66. The largest absolute Gasteiger partial charge is 0.378 e. The number of hydrogen-bond donors (Lipinski definition) is 1. The van der Waals surface area contributed by atoms with Crippen molar-refractivity contribution in [2.75, 3.05) is 31.6 Å². The second-order valence-corrected chi connectivity index (χ2v) is 5.74. The molecule has 0 atom stereocenters. The highest BCUT2D eigenvalue weighted by Crippen LogP contribution is 2.23. The second-order valence-electron chi connectivity index (χ2n) is 4.88. The number of amides is 1. The van der Waals surface area contributed by atoms with E-state index in [9.17, 15) is 4.79 Å². The van der Waals surface area contributed by atoms with Crippen LogP contribution in [0, 0.1) is 6.92 Å². The van der Waals surface area contributed by atoms with Gasteiger partial charge in [0.15, 0.2) is 5.13 Å². The molecule has 0 radical (unpaired) electrons. The van der Waals surface area contributed by atoms with Gasteiger partial charge in [-0.25, -0.2) is 4.98 Å². The summed E-state index contributed by atoms with van der Waals surface area (Å²) in [6.07, 6.45) is 0. The van der Waals surface area contributed by atoms with Crippen molar-refractivity contribution in [1.29, 1.82) is 0 Å². The number of ether oxygens (including phenoxy) is 1. The zero-order chi connectivity index (χ0) is 14.7. The number of aryl methyl sites for hydroxylation is 1. The number of carbonyl (C=O) groups excluding carboxylic acids is 1. The molecule has 2 heterocycles. The minimum Gasteiger partial charge on any atom is -0.378 e. The van der Waals surface area contributed by atoms with Gasteiger partial charge in [-0.15, -0.1) is 11.3 Å². The summed E-state index contributed by atoms with van der Waals surface area (Å²) in [5, 5.41) is 5.80. The monoisotopic (exact) mass is 303 g/mol. The molecule has 0 aliphatic carbocycles. The topological polar surface area (TPSA) is 54.5 Å². The van der Waals surface area contributed by atoms with E-state index in [-0.39, 0.29) is 5.91 Å². The Labute approximate surface area is 127 Å². The Morgan fingerprint density at radius 3 is 2.86 bits per heavy atom. The summed E-state index contributed by atoms with van der Waals surface area (Å²) in [4.78, 5) is 18.5. The molecule has 3 rings (SSSR count). The molecule has 1 amide bonds. The fourth-order valence-corrected chi connectivity index (χ4v) is 2.88. The maximum Gasteiger partial charge on any atom is 0.273 e. The fraction of sp³-hybridized carbons (Fsp3) is 0.333. The number of aromatic nitrogens is 1. The van der Waals surface area contributed by atoms with Crippen LogP contribution in [0.15, 0.2) is 29.6 Å². The highest BCUT2D eigenvalue weighted by Gasteiger charge is 2.20. The van der Waals surface area contributed by atoms with E-state index >= 15 is 0 Å². The molecule has 5 nitrogen and oxygen atoms in total. The van der Waals surface area contributed by atoms with Crippen molar-refractivity contribution in [3.8, 4) is 0 Å². The van der Waals surface area contributed by atoms with Crippen LogP contribution in [0.5, 0.6) is 0 Å². The molecule has 2 aromatic rings. The van der Waals surface area contributed by atoms with Gasteiger partial charge in [-0.1, -0.05) is 18.2 Å². The summed E-state index contributed by atoms with van der Waals surface area (Å²) in [7, 11) is 0. The summed E-state index contributed by atoms with van der Waals surface area (Å²) >= 11 is 1.44. The number of benzene rings is 1. The molecule has 1 aromatic heterocycles. The van der Waals surface area contributed by atoms with Gasteiger partial charge in [0, 0.05) is 24.2 Å². The van der Waals surface area contributed by atoms with E-state index in [1.54, 1.807) is 10.3 Å². The van der Waals surface area contributed by atoms with Gasteiger partial charge in [-0.05, 0) is 18.6 Å². The van der Waals surface area contributed by atoms with Crippen molar-refractivity contribution in [3.05, 3.63) is 40.9 Å². The molecule has 1 fully saturated rings. The molecule has 1 aliphatic heterocycles. The van der Waals surface area contributed by atoms with Crippen LogP contribution in [-0.2, 0) is 4.74 Å². The van der Waals surface area contributed by atoms with Gasteiger partial charge in [-0.3, -0.25) is 4.79 Å². The SMILES string of the molecule is Cc1ccccc1Nc1nc(C(=O)N2CCOCC2)cs1. The number of para-hydroxylation sites is 1. The van der Waals surface area contributed by atoms with Gasteiger partial charge in [0.25, 0.3) is 5.91 Å². The van der Waals surface area contributed by atoms with Crippen molar-refractivity contribution < 1.29 is 9.53 Å². The first-order valence-corrected chi connectivity index (χ1v) is 7.77. The standard InChI is InChI=1S/C15H17N3O2S/c1-11-4-2-3-5-12(11)16-15-17-13(10-21-15)14(19)18-6-8-20-9-7-18/h2-5,10H,6-9H2,1H3,(H,16,17). The molecule has 110 valence electrons. The predicted octanol–water partition coefficient (Wildman–Crippen LogP) is 2.67. The lowest BCUT2D eigenvalue weighted by atomic mass is 10.2. The maximum atomic E-state index is 12.3. The molecule has 1 saturated heterocycles. The van der Waals surface area contributed by atoms with E-state index < -0.39 is 0 Å². The lowest BCUT2D eigenvalue weighted by Crippen LogP contribution is -2.40. The Morgan fingerprint density at radius 2 is 2.10 bits per heavy atom. The van der Waals surface area contributed by atoms with Gasteiger partial charge in [0.05, 0.1) is 13.2 Å². The fourth-order valence-electron chi connectivity index (χ4n) is 2.19. The van der Waals surface area contributed by atoms with Crippen LogP contribution in [0.2, 0.25) is 0 Å². The number of rotatable bonds is 3. The number of nitrogens with zero attached hydrogens (tertiary/aromatic N) is 2. The minimum atomic E-state index is -0.0209. The zero-order valence-corrected chi connectivity index (χ0v) is 12.7. The van der Waals surface area contributed by atoms with E-state index in [0.29, 0.717) is 32.0 Å². The number of hydrogen-bond acceptors (Lipinski definition) is 5. The average Bonchev–Trinajstić information content (AvgIpc) is 2.98. The lowest BCUT2D eigenvalue weighted by molar-refractivity contribution is 0.0299. The van der Waals surface area contributed by atoms with Gasteiger partial charge in [-0.2, -0.15) is 0 Å². The van der Waals surface area contributed by atoms with Gasteiger partial charge in [0.2, 0.25) is 0 Å². The van der Waals surface area contributed by atoms with Crippen molar-refractivity contribution in [1.82, 2.24) is 9.88 Å². The molecular formula is C15H17N3O2S. The highest BCUT2D eigenvalue weighted by atomic mass is 32.1. The van der Waals surface area contributed by atoms with Gasteiger partial charge >= 0.3 is 0 Å². The normalized spacial score (nSPS) is 15.0. The van der Waals surface area contributed by atoms with E-state index in [1.165, 1.54) is 11.3 Å². The first-order valence-electron chi connectivity index (χ1n) is 6.89. The number of nitrogens with one attached hydrogen (secondary N) is 1. The molecular weight excluding hydrogens is 286 g/mol. The van der Waals surface area contributed by atoms with Crippen molar-refractivity contribution in [2.45, 2.75) is 6.92 Å². The molecule has 0 unspecified atom stereocenters. The number of thiazole rings is 1. The molecule has 1 aliphatic rings. The minimum absolute atomic E-state index is 0.0209. The Bertz CT molecular complexity index is 635. The predicted molar refractivity (Wildman–Crippen MR) is 83.3 cm³/mol. The van der Waals surface area contributed by atoms with Crippen LogP contribution < -0.4 is 5.32 Å². The average molecular weight is 303 g/mol. The Hall–Kier alpha value is -1.92. The number of anilines is 2. The van der Waals surface area contributed by atoms with Crippen LogP contribution in [0.1, 0.15) is 16.1 Å². The van der Waals surface area contributed by atoms with Crippen LogP contribution in [0.3, 0.4) is 0 Å². The van der Waals surface area contributed by atoms with E-state index in [2.05, 4.69) is 10.3 Å². The zero-order valence-electron chi connectivity index (χ0n) is 11.8. The van der Waals surface area contributed by atoms with E-state index in [0.717, 1.165) is 16.4 Å². The number of carbonyl (C=O) groups is 1. The van der Waals surface area contributed by atoms with Crippen LogP contribution in [-0.4, -0.2) is 42.1 Å². The smallest absolute Gasteiger partial charge is 0.273 e. The van der Waals surface area contributed by atoms with Crippen molar-refractivity contribution >= 4 is 28.1 Å². The second kappa shape index (κ2) is 6.24. The molecule has 1 N–H and O–H groups in total. The summed E-state index contributed by atoms with van der Waals surface area (Å²) in [6, 6.07) is 8.01. The molecule has 0 spiro atoms. The molecule has 21 heavy (non-hydrogen) atoms. The third-order valence-electron chi connectivity index (χ3n) is 3.41. The van der Waals surface area contributed by atoms with Crippen LogP contribution in [0.4, 0.5) is 10.8 Å². The summed E-state index contributed by atoms with van der Waals surface area (Å²) in [5.74, 6) is -0.0209. The van der Waals surface area contributed by atoms with E-state index in [1.807, 2.05) is 31.2 Å². The molecule has 6 heteroatoms. The molecule has 0 saturated carbocycles. The first-order chi connectivity index (χ1) is 10.2. The van der Waals surface area contributed by atoms with Crippen molar-refractivity contribution in [2.24, 2.45) is 0 Å². The third kappa shape index (κ3) is 3.22. The maximum absolute atomic E-state index is 12.3. The first kappa shape index (κ1) is 14.0. The summed E-state index contributed by atoms with van der Waals surface area (Å²) < 4.78 is 5.26. The quantitative estimate of drug-likeness (QED) is 0.947. The van der Waals surface area contributed by atoms with Gasteiger partial charge < -0.3 is 15.0 Å². The Balaban J connectivity index is 1.71. The van der Waals surface area contributed by atoms with E-state index in [4.69, 9.17) is 4.74 Å². The number of morpholine rings is 1. The Morgan fingerprint density at radius 1 is 1.33 bits per heavy atom. The van der Waals surface area contributed by atoms with Gasteiger partial charge in [0.1, 0.15) is 5.69 Å². The molecule has 0 bridgehead atoms. The lowest BCUT2D eigenvalue weighted by Gasteiger charge is -2.25.